The summed E-state index contributed by atoms with van der Waals surface area (Å²) in [7, 11) is 0. The maximum absolute atomic E-state index is 3.68. The number of hydrogen-bond donors (Lipinski definition) is 2. The Hall–Kier alpha value is -1.57. The molecule has 0 saturated carbocycles. The minimum absolute atomic E-state index is 0.413. The predicted molar refractivity (Wildman–Crippen MR) is 37.4 cm³/mol. The molecule has 2 aromatic rings. The molecule has 0 fully saturated rings. The summed E-state index contributed by atoms with van der Waals surface area (Å²) in [4.78, 5) is 0. The maximum atomic E-state index is 3.68. The van der Waals surface area contributed by atoms with Crippen LogP contribution in [0.3, 0.4) is 0 Å². The van der Waals surface area contributed by atoms with Crippen molar-refractivity contribution >= 4 is 22.5 Å². The molecule has 0 saturated heterocycles. The monoisotopic (exact) mass is 169 g/mol. The fourth-order valence-electron chi connectivity index (χ4n) is 0.547. The van der Waals surface area contributed by atoms with Gasteiger partial charge in [0, 0.05) is 11.5 Å². The Morgan fingerprint density at radius 3 is 3.18 bits per heavy atom. The average molecular weight is 169 g/mol. The number of aromatic amines is 1. The highest BCUT2D eigenvalue weighted by molar-refractivity contribution is 7.09. The summed E-state index contributed by atoms with van der Waals surface area (Å²) in [5.74, 6) is 0.413. The Morgan fingerprint density at radius 2 is 2.55 bits per heavy atom. The van der Waals surface area contributed by atoms with Gasteiger partial charge in [-0.3, -0.25) is 0 Å². The molecule has 8 heteroatoms. The molecule has 11 heavy (non-hydrogen) atoms. The molecule has 2 N–H and O–H groups in total. The highest BCUT2D eigenvalue weighted by Gasteiger charge is 1.98. The molecular weight excluding hydrogens is 166 g/mol. The third-order valence-electron chi connectivity index (χ3n) is 0.942. The predicted octanol–water partition coefficient (Wildman–Crippen LogP) is -0.205. The third kappa shape index (κ3) is 1.29. The maximum Gasteiger partial charge on any atom is 0.268 e. The molecule has 0 aliphatic rings. The fraction of sp³-hybridized carbons (Fsp3) is 0. The molecule has 2 rings (SSSR count). The van der Waals surface area contributed by atoms with Crippen molar-refractivity contribution in [1.29, 1.82) is 0 Å². The zero-order chi connectivity index (χ0) is 7.52. The van der Waals surface area contributed by atoms with Crippen molar-refractivity contribution in [2.75, 3.05) is 5.32 Å². The largest absolute Gasteiger partial charge is 0.311 e. The van der Waals surface area contributed by atoms with Gasteiger partial charge in [-0.05, 0) is 5.21 Å². The van der Waals surface area contributed by atoms with E-state index in [0.29, 0.717) is 5.95 Å². The molecule has 2 heterocycles. The standard InChI is InChI=1S/C3H3N7S/c1-2(11-10-4-1)5-3-6-8-9-7-3/h1H,(H2,5,6,7,8,9). The number of hydrogen-bond acceptors (Lipinski definition) is 7. The van der Waals surface area contributed by atoms with E-state index in [0.717, 1.165) is 5.00 Å². The van der Waals surface area contributed by atoms with Crippen LogP contribution in [0.1, 0.15) is 0 Å². The highest BCUT2D eigenvalue weighted by atomic mass is 32.1. The lowest BCUT2D eigenvalue weighted by atomic mass is 10.8. The van der Waals surface area contributed by atoms with Crippen LogP contribution in [-0.2, 0) is 0 Å². The molecular formula is C3H3N7S. The first-order chi connectivity index (χ1) is 5.45. The second kappa shape index (κ2) is 2.58. The summed E-state index contributed by atoms with van der Waals surface area (Å²) in [5, 5.41) is 20.3. The van der Waals surface area contributed by atoms with Gasteiger partial charge in [0.2, 0.25) is 0 Å². The first kappa shape index (κ1) is 6.16. The van der Waals surface area contributed by atoms with Crippen molar-refractivity contribution in [2.24, 2.45) is 0 Å². The molecule has 0 atom stereocenters. The van der Waals surface area contributed by atoms with Gasteiger partial charge in [-0.25, -0.2) is 0 Å². The summed E-state index contributed by atoms with van der Waals surface area (Å²) in [6, 6.07) is 0. The van der Waals surface area contributed by atoms with E-state index in [4.69, 9.17) is 0 Å². The van der Waals surface area contributed by atoms with Gasteiger partial charge in [0.15, 0.2) is 0 Å². The smallest absolute Gasteiger partial charge is 0.268 e. The summed E-state index contributed by atoms with van der Waals surface area (Å²) >= 11 is 1.23. The Labute approximate surface area is 65.0 Å². The molecule has 0 unspecified atom stereocenters. The molecule has 0 amide bonds. The van der Waals surface area contributed by atoms with E-state index in [9.17, 15) is 0 Å². The van der Waals surface area contributed by atoms with Crippen LogP contribution in [0, 0.1) is 0 Å². The van der Waals surface area contributed by atoms with Crippen LogP contribution < -0.4 is 5.32 Å². The molecule has 0 aliphatic heterocycles. The summed E-state index contributed by atoms with van der Waals surface area (Å²) in [5.41, 5.74) is 0. The van der Waals surface area contributed by atoms with Crippen molar-refractivity contribution in [2.45, 2.75) is 0 Å². The lowest BCUT2D eigenvalue weighted by molar-refractivity contribution is 0.881. The second-order valence-electron chi connectivity index (χ2n) is 1.64. The van der Waals surface area contributed by atoms with Crippen LogP contribution in [0.25, 0.3) is 0 Å². The Morgan fingerprint density at radius 1 is 1.55 bits per heavy atom. The van der Waals surface area contributed by atoms with Gasteiger partial charge < -0.3 is 5.32 Å². The SMILES string of the molecule is c1nnsc1Nc1nn[nH]n1. The van der Waals surface area contributed by atoms with Crippen molar-refractivity contribution < 1.29 is 0 Å². The summed E-state index contributed by atoms with van der Waals surface area (Å²) in [6.07, 6.45) is 1.58. The first-order valence-corrected chi connectivity index (χ1v) is 3.50. The van der Waals surface area contributed by atoms with E-state index >= 15 is 0 Å². The van der Waals surface area contributed by atoms with E-state index in [1.807, 2.05) is 0 Å². The molecule has 0 aromatic carbocycles. The molecule has 56 valence electrons. The zero-order valence-electron chi connectivity index (χ0n) is 5.22. The van der Waals surface area contributed by atoms with E-state index < -0.39 is 0 Å². The molecule has 7 nitrogen and oxygen atoms in total. The minimum atomic E-state index is 0.413. The number of rotatable bonds is 2. The van der Waals surface area contributed by atoms with Crippen LogP contribution in [0.2, 0.25) is 0 Å². The van der Waals surface area contributed by atoms with Gasteiger partial charge in [-0.1, -0.05) is 9.59 Å². The van der Waals surface area contributed by atoms with Gasteiger partial charge in [0.1, 0.15) is 5.00 Å². The quantitative estimate of drug-likeness (QED) is 0.646. The second-order valence-corrected chi connectivity index (χ2v) is 2.43. The highest BCUT2D eigenvalue weighted by Crippen LogP contribution is 2.12. The van der Waals surface area contributed by atoms with Crippen molar-refractivity contribution in [1.82, 2.24) is 30.2 Å². The van der Waals surface area contributed by atoms with Crippen molar-refractivity contribution in [3.63, 3.8) is 0 Å². The zero-order valence-corrected chi connectivity index (χ0v) is 6.04. The Kier molecular flexibility index (Phi) is 1.44. The van der Waals surface area contributed by atoms with Crippen LogP contribution in [-0.4, -0.2) is 30.2 Å². The number of nitrogens with one attached hydrogen (secondary N) is 2. The van der Waals surface area contributed by atoms with Gasteiger partial charge in [0.05, 0.1) is 6.20 Å². The Balaban J connectivity index is 2.14. The topological polar surface area (TPSA) is 92.3 Å². The number of H-pyrrole nitrogens is 1. The minimum Gasteiger partial charge on any atom is -0.311 e. The lowest BCUT2D eigenvalue weighted by Gasteiger charge is -1.89. The van der Waals surface area contributed by atoms with Crippen LogP contribution >= 0.6 is 11.5 Å². The normalized spacial score (nSPS) is 9.82. The molecule has 0 spiro atoms. The Bertz CT molecular complexity index is 266. The van der Waals surface area contributed by atoms with E-state index in [1.54, 1.807) is 6.20 Å². The van der Waals surface area contributed by atoms with Crippen LogP contribution in [0.4, 0.5) is 10.9 Å². The fourth-order valence-corrected chi connectivity index (χ4v) is 0.961. The number of aromatic nitrogens is 6. The van der Waals surface area contributed by atoms with Crippen molar-refractivity contribution in [3.8, 4) is 0 Å². The lowest BCUT2D eigenvalue weighted by Crippen LogP contribution is -1.88. The molecule has 2 aromatic heterocycles. The third-order valence-corrected chi connectivity index (χ3v) is 1.52. The summed E-state index contributed by atoms with van der Waals surface area (Å²) in [6.45, 7) is 0. The number of nitrogens with zero attached hydrogens (tertiary/aromatic N) is 5. The average Bonchev–Trinajstić information content (AvgIpc) is 2.60. The van der Waals surface area contributed by atoms with Gasteiger partial charge in [0.25, 0.3) is 5.95 Å². The summed E-state index contributed by atoms with van der Waals surface area (Å²) < 4.78 is 3.65. The number of tetrazole rings is 1. The van der Waals surface area contributed by atoms with E-state index in [2.05, 4.69) is 35.5 Å². The van der Waals surface area contributed by atoms with Crippen LogP contribution in [0.15, 0.2) is 6.20 Å². The van der Waals surface area contributed by atoms with E-state index in [-0.39, 0.29) is 0 Å². The first-order valence-electron chi connectivity index (χ1n) is 2.73. The van der Waals surface area contributed by atoms with E-state index in [1.165, 1.54) is 11.5 Å². The van der Waals surface area contributed by atoms with Gasteiger partial charge in [-0.15, -0.1) is 10.2 Å². The van der Waals surface area contributed by atoms with Gasteiger partial charge in [-0.2, -0.15) is 5.21 Å². The molecule has 0 aliphatic carbocycles. The van der Waals surface area contributed by atoms with Gasteiger partial charge >= 0.3 is 0 Å². The van der Waals surface area contributed by atoms with Crippen molar-refractivity contribution in [3.05, 3.63) is 6.20 Å². The molecule has 0 radical (unpaired) electrons. The number of anilines is 2. The van der Waals surface area contributed by atoms with Crippen LogP contribution in [0.5, 0.6) is 0 Å². The molecule has 0 bridgehead atoms.